The fourth-order valence-corrected chi connectivity index (χ4v) is 3.97. The van der Waals surface area contributed by atoms with Gasteiger partial charge in [0.15, 0.2) is 5.89 Å². The maximum atomic E-state index is 13.0. The topological polar surface area (TPSA) is 84.2 Å². The van der Waals surface area contributed by atoms with Gasteiger partial charge in [0.2, 0.25) is 0 Å². The van der Waals surface area contributed by atoms with Crippen molar-refractivity contribution >= 4 is 5.91 Å². The summed E-state index contributed by atoms with van der Waals surface area (Å²) >= 11 is 0. The predicted octanol–water partition coefficient (Wildman–Crippen LogP) is 4.31. The molecule has 1 aromatic carbocycles. The second-order valence-corrected chi connectivity index (χ2v) is 9.16. The van der Waals surface area contributed by atoms with Crippen LogP contribution in [0.25, 0.3) is 0 Å². The molecule has 0 bridgehead atoms. The lowest BCUT2D eigenvalue weighted by Gasteiger charge is -2.30. The van der Waals surface area contributed by atoms with E-state index in [-0.39, 0.29) is 17.2 Å². The Hall–Kier alpha value is -3.09. The lowest BCUT2D eigenvalue weighted by atomic mass is 9.92. The van der Waals surface area contributed by atoms with Crippen LogP contribution in [-0.2, 0) is 11.8 Å². The van der Waals surface area contributed by atoms with Crippen molar-refractivity contribution < 1.29 is 13.9 Å². The predicted molar refractivity (Wildman–Crippen MR) is 117 cm³/mol. The third-order valence-corrected chi connectivity index (χ3v) is 5.79. The minimum absolute atomic E-state index is 0.0442. The molecule has 1 saturated heterocycles. The van der Waals surface area contributed by atoms with Gasteiger partial charge < -0.3 is 14.1 Å². The van der Waals surface area contributed by atoms with Crippen LogP contribution < -0.4 is 4.74 Å². The van der Waals surface area contributed by atoms with Gasteiger partial charge in [-0.15, -0.1) is 0 Å². The fraction of sp³-hybridized carbons (Fsp3) is 0.458. The molecule has 1 aliphatic heterocycles. The maximum absolute atomic E-state index is 13.0. The molecule has 0 aliphatic carbocycles. The van der Waals surface area contributed by atoms with Crippen molar-refractivity contribution in [3.05, 3.63) is 65.1 Å². The fourth-order valence-electron chi connectivity index (χ4n) is 3.97. The summed E-state index contributed by atoms with van der Waals surface area (Å²) in [5, 5.41) is 7.26. The Morgan fingerprint density at radius 3 is 2.87 bits per heavy atom. The number of para-hydroxylation sites is 1. The number of oxazole rings is 1. The minimum atomic E-state index is -0.0775. The lowest BCUT2D eigenvalue weighted by molar-refractivity contribution is 0.0692. The molecule has 7 nitrogen and oxygen atoms in total. The van der Waals surface area contributed by atoms with Gasteiger partial charge in [0, 0.05) is 36.2 Å². The molecular formula is C24H30N4O3. The highest BCUT2D eigenvalue weighted by Crippen LogP contribution is 2.29. The van der Waals surface area contributed by atoms with Gasteiger partial charge >= 0.3 is 0 Å². The number of hydrogen-bond donors (Lipinski definition) is 1. The number of ether oxygens (including phenoxy) is 1. The van der Waals surface area contributed by atoms with Gasteiger partial charge in [0.1, 0.15) is 17.2 Å². The van der Waals surface area contributed by atoms with E-state index in [1.165, 1.54) is 0 Å². The quantitative estimate of drug-likeness (QED) is 0.662. The van der Waals surface area contributed by atoms with Gasteiger partial charge in [-0.2, -0.15) is 5.10 Å². The number of methoxy groups -OCH3 is 1. The average molecular weight is 423 g/mol. The summed E-state index contributed by atoms with van der Waals surface area (Å²) in [5.41, 5.74) is 2.40. The number of nitrogens with one attached hydrogen (secondary N) is 1. The maximum Gasteiger partial charge on any atom is 0.274 e. The number of hydrogen-bond acceptors (Lipinski definition) is 5. The zero-order valence-corrected chi connectivity index (χ0v) is 18.6. The van der Waals surface area contributed by atoms with Gasteiger partial charge in [-0.05, 0) is 25.0 Å². The molecule has 1 amide bonds. The van der Waals surface area contributed by atoms with Crippen LogP contribution in [0.15, 0.2) is 40.9 Å². The van der Waals surface area contributed by atoms with Crippen molar-refractivity contribution in [3.63, 3.8) is 0 Å². The Morgan fingerprint density at radius 2 is 2.13 bits per heavy atom. The van der Waals surface area contributed by atoms with E-state index in [4.69, 9.17) is 9.15 Å². The van der Waals surface area contributed by atoms with Gasteiger partial charge in [-0.3, -0.25) is 9.89 Å². The summed E-state index contributed by atoms with van der Waals surface area (Å²) in [7, 11) is 1.67. The van der Waals surface area contributed by atoms with Crippen LogP contribution in [0.1, 0.15) is 72.9 Å². The molecular weight excluding hydrogens is 392 g/mol. The Morgan fingerprint density at radius 1 is 1.32 bits per heavy atom. The normalized spacial score (nSPS) is 17.0. The Bertz CT molecular complexity index is 1050. The van der Waals surface area contributed by atoms with Crippen molar-refractivity contribution in [3.8, 4) is 5.75 Å². The van der Waals surface area contributed by atoms with Crippen LogP contribution in [0.5, 0.6) is 5.75 Å². The number of carbonyl (C=O) groups excluding carboxylic acids is 1. The number of H-pyrrole nitrogens is 1. The summed E-state index contributed by atoms with van der Waals surface area (Å²) in [6, 6.07) is 9.77. The zero-order valence-electron chi connectivity index (χ0n) is 18.6. The number of likely N-dealkylation sites (tertiary alicyclic amines) is 1. The van der Waals surface area contributed by atoms with Crippen molar-refractivity contribution in [1.82, 2.24) is 20.1 Å². The van der Waals surface area contributed by atoms with E-state index in [9.17, 15) is 4.79 Å². The standard InChI is InChI=1S/C24H30N4O3/c1-24(2,3)21-13-19(26-27-21)23(29)28-11-7-9-17(15-28)22-25-14-18(31-22)12-16-8-5-6-10-20(16)30-4/h5-6,8,10,13-14,17H,7,9,11-12,15H2,1-4H3,(H,26,27)/t17-/m1/s1. The van der Waals surface area contributed by atoms with Crippen LogP contribution in [-0.4, -0.2) is 46.2 Å². The molecule has 0 saturated carbocycles. The Kier molecular flexibility index (Phi) is 5.85. The highest BCUT2D eigenvalue weighted by Gasteiger charge is 2.30. The third kappa shape index (κ3) is 4.65. The summed E-state index contributed by atoms with van der Waals surface area (Å²) < 4.78 is 11.5. The number of piperidine rings is 1. The first kappa shape index (κ1) is 21.2. The van der Waals surface area contributed by atoms with E-state index in [1.54, 1.807) is 13.3 Å². The highest BCUT2D eigenvalue weighted by atomic mass is 16.5. The summed E-state index contributed by atoms with van der Waals surface area (Å²) in [6.45, 7) is 7.59. The van der Waals surface area contributed by atoms with Crippen molar-refractivity contribution in [1.29, 1.82) is 0 Å². The molecule has 31 heavy (non-hydrogen) atoms. The van der Waals surface area contributed by atoms with E-state index in [0.29, 0.717) is 24.6 Å². The molecule has 1 aliphatic rings. The van der Waals surface area contributed by atoms with E-state index in [1.807, 2.05) is 35.2 Å². The number of amides is 1. The molecule has 1 fully saturated rings. The highest BCUT2D eigenvalue weighted by molar-refractivity contribution is 5.92. The molecule has 1 N–H and O–H groups in total. The van der Waals surface area contributed by atoms with Crippen molar-refractivity contribution in [2.75, 3.05) is 20.2 Å². The molecule has 0 radical (unpaired) electrons. The largest absolute Gasteiger partial charge is 0.496 e. The molecule has 4 rings (SSSR count). The summed E-state index contributed by atoms with van der Waals surface area (Å²) in [5.74, 6) is 2.37. The van der Waals surface area contributed by atoms with E-state index in [0.717, 1.165) is 42.2 Å². The first-order valence-corrected chi connectivity index (χ1v) is 10.8. The molecule has 0 unspecified atom stereocenters. The molecule has 7 heteroatoms. The summed E-state index contributed by atoms with van der Waals surface area (Å²) in [4.78, 5) is 19.4. The molecule has 2 aromatic heterocycles. The molecule has 164 valence electrons. The number of benzene rings is 1. The third-order valence-electron chi connectivity index (χ3n) is 5.79. The Balaban J connectivity index is 1.44. The summed E-state index contributed by atoms with van der Waals surface area (Å²) in [6.07, 6.45) is 4.27. The molecule has 3 aromatic rings. The smallest absolute Gasteiger partial charge is 0.274 e. The van der Waals surface area contributed by atoms with Crippen molar-refractivity contribution in [2.24, 2.45) is 0 Å². The van der Waals surface area contributed by atoms with Crippen LogP contribution in [0, 0.1) is 0 Å². The van der Waals surface area contributed by atoms with Gasteiger partial charge in [-0.25, -0.2) is 4.98 Å². The molecule has 3 heterocycles. The van der Waals surface area contributed by atoms with Gasteiger partial charge in [0.25, 0.3) is 5.91 Å². The number of nitrogens with zero attached hydrogens (tertiary/aromatic N) is 3. The zero-order chi connectivity index (χ0) is 22.0. The number of rotatable bonds is 5. The van der Waals surface area contributed by atoms with Crippen LogP contribution >= 0.6 is 0 Å². The molecule has 0 spiro atoms. The van der Waals surface area contributed by atoms with Gasteiger partial charge in [-0.1, -0.05) is 39.0 Å². The monoisotopic (exact) mass is 422 g/mol. The first-order valence-electron chi connectivity index (χ1n) is 10.8. The first-order chi connectivity index (χ1) is 14.8. The SMILES string of the molecule is COc1ccccc1Cc1cnc([C@@H]2CCCN(C(=O)c3cc(C(C)(C)C)[nH]n3)C2)o1. The van der Waals surface area contributed by atoms with Crippen molar-refractivity contribution in [2.45, 2.75) is 51.4 Å². The van der Waals surface area contributed by atoms with E-state index in [2.05, 4.69) is 36.0 Å². The van der Waals surface area contributed by atoms with Crippen LogP contribution in [0.2, 0.25) is 0 Å². The number of aromatic nitrogens is 3. The Labute approximate surface area is 182 Å². The van der Waals surface area contributed by atoms with Gasteiger partial charge in [0.05, 0.1) is 19.2 Å². The second kappa shape index (κ2) is 8.57. The van der Waals surface area contributed by atoms with Crippen LogP contribution in [0.3, 0.4) is 0 Å². The number of aromatic amines is 1. The average Bonchev–Trinajstić information content (AvgIpc) is 3.44. The lowest BCUT2D eigenvalue weighted by Crippen LogP contribution is -2.39. The van der Waals surface area contributed by atoms with Crippen LogP contribution in [0.4, 0.5) is 0 Å². The number of carbonyl (C=O) groups is 1. The van der Waals surface area contributed by atoms with E-state index >= 15 is 0 Å². The minimum Gasteiger partial charge on any atom is -0.496 e. The van der Waals surface area contributed by atoms with E-state index < -0.39 is 0 Å². The molecule has 1 atom stereocenters. The second-order valence-electron chi connectivity index (χ2n) is 9.16.